The van der Waals surface area contributed by atoms with Gasteiger partial charge in [0.1, 0.15) is 0 Å². The highest BCUT2D eigenvalue weighted by atomic mass is 35.5. The minimum absolute atomic E-state index is 0.00296. The number of hydrogen-bond donors (Lipinski definition) is 1. The van der Waals surface area contributed by atoms with Crippen LogP contribution in [-0.2, 0) is 9.53 Å². The molecular formula is C19H16Cl2N2O4. The lowest BCUT2D eigenvalue weighted by Crippen LogP contribution is -2.23. The van der Waals surface area contributed by atoms with E-state index in [1.807, 2.05) is 0 Å². The number of ketones is 1. The third-order valence-electron chi connectivity index (χ3n) is 4.22. The molecule has 0 aromatic heterocycles. The number of amides is 1. The highest BCUT2D eigenvalue weighted by Gasteiger charge is 2.22. The summed E-state index contributed by atoms with van der Waals surface area (Å²) < 4.78 is 5.03. The summed E-state index contributed by atoms with van der Waals surface area (Å²) in [6.07, 6.45) is 1.36. The Balaban J connectivity index is 1.64. The van der Waals surface area contributed by atoms with E-state index in [2.05, 4.69) is 0 Å². The fourth-order valence-corrected chi connectivity index (χ4v) is 3.29. The highest BCUT2D eigenvalue weighted by molar-refractivity contribution is 6.37. The molecule has 1 heterocycles. The van der Waals surface area contributed by atoms with E-state index in [4.69, 9.17) is 33.7 Å². The van der Waals surface area contributed by atoms with Crippen molar-refractivity contribution < 1.29 is 19.1 Å². The van der Waals surface area contributed by atoms with Crippen LogP contribution in [0, 0.1) is 0 Å². The molecule has 1 saturated heterocycles. The highest BCUT2D eigenvalue weighted by Crippen LogP contribution is 2.28. The fourth-order valence-electron chi connectivity index (χ4n) is 2.79. The van der Waals surface area contributed by atoms with Crippen molar-refractivity contribution in [3.8, 4) is 0 Å². The van der Waals surface area contributed by atoms with E-state index in [1.54, 1.807) is 29.2 Å². The van der Waals surface area contributed by atoms with Crippen LogP contribution in [0.25, 0.3) is 0 Å². The van der Waals surface area contributed by atoms with Gasteiger partial charge in [-0.05, 0) is 42.8 Å². The Hall–Kier alpha value is -2.57. The number of hydrogen-bond acceptors (Lipinski definition) is 5. The maximum atomic E-state index is 12.3. The van der Waals surface area contributed by atoms with E-state index < -0.39 is 12.6 Å². The number of Topliss-reactive ketones (excluding diaryl/α,β-unsaturated/α-hetero) is 1. The number of halogens is 2. The second kappa shape index (κ2) is 7.98. The molecule has 1 fully saturated rings. The predicted octanol–water partition coefficient (Wildman–Crippen LogP) is 3.74. The minimum Gasteiger partial charge on any atom is -0.454 e. The second-order valence-corrected chi connectivity index (χ2v) is 6.89. The third kappa shape index (κ3) is 4.23. The zero-order valence-corrected chi connectivity index (χ0v) is 15.7. The first kappa shape index (κ1) is 19.2. The number of nitrogens with zero attached hydrogens (tertiary/aromatic N) is 1. The number of ether oxygens (including phenoxy) is 1. The molecule has 140 valence electrons. The molecule has 1 aliphatic rings. The molecule has 0 saturated carbocycles. The first-order valence-corrected chi connectivity index (χ1v) is 8.97. The Labute approximate surface area is 165 Å². The number of carbonyl (C=O) groups is 3. The van der Waals surface area contributed by atoms with E-state index in [0.29, 0.717) is 18.5 Å². The number of nitrogens with two attached hydrogens (primary N) is 1. The third-order valence-corrected chi connectivity index (χ3v) is 4.75. The summed E-state index contributed by atoms with van der Waals surface area (Å²) in [5.74, 6) is -1.10. The van der Waals surface area contributed by atoms with Crippen molar-refractivity contribution in [2.24, 2.45) is 0 Å². The molecule has 3 rings (SSSR count). The minimum atomic E-state index is -0.787. The molecule has 0 radical (unpaired) electrons. The van der Waals surface area contributed by atoms with Gasteiger partial charge in [-0.2, -0.15) is 0 Å². The van der Waals surface area contributed by atoms with Gasteiger partial charge in [-0.25, -0.2) is 4.79 Å². The van der Waals surface area contributed by atoms with Crippen molar-refractivity contribution >= 4 is 52.2 Å². The van der Waals surface area contributed by atoms with Crippen LogP contribution in [0.4, 0.5) is 11.4 Å². The molecule has 2 N–H and O–H groups in total. The van der Waals surface area contributed by atoms with Crippen molar-refractivity contribution in [1.29, 1.82) is 0 Å². The molecule has 0 aliphatic carbocycles. The van der Waals surface area contributed by atoms with Crippen molar-refractivity contribution in [3.63, 3.8) is 0 Å². The molecule has 0 bridgehead atoms. The normalized spacial score (nSPS) is 13.7. The SMILES string of the molecule is Nc1c(Cl)cc(Cl)cc1C(=O)OCC(=O)c1ccc(N2CCCC2=O)cc1. The molecule has 0 unspecified atom stereocenters. The molecular weight excluding hydrogens is 391 g/mol. The standard InChI is InChI=1S/C19H16Cl2N2O4/c20-12-8-14(18(22)15(21)9-12)19(26)27-10-16(24)11-3-5-13(6-4-11)23-7-1-2-17(23)25/h3-6,8-9H,1-2,7,10,22H2. The molecule has 0 spiro atoms. The first-order valence-electron chi connectivity index (χ1n) is 8.22. The summed E-state index contributed by atoms with van der Waals surface area (Å²) in [4.78, 5) is 37.8. The van der Waals surface area contributed by atoms with Crippen molar-refractivity contribution in [3.05, 3.63) is 57.6 Å². The summed E-state index contributed by atoms with van der Waals surface area (Å²) in [7, 11) is 0. The smallest absolute Gasteiger partial charge is 0.340 e. The molecule has 1 aliphatic heterocycles. The van der Waals surface area contributed by atoms with Crippen LogP contribution in [0.2, 0.25) is 10.0 Å². The molecule has 6 nitrogen and oxygen atoms in total. The molecule has 1 amide bonds. The van der Waals surface area contributed by atoms with Gasteiger partial charge in [-0.3, -0.25) is 9.59 Å². The number of nitrogen functional groups attached to an aromatic ring is 1. The molecule has 0 atom stereocenters. The summed E-state index contributed by atoms with van der Waals surface area (Å²) in [6.45, 7) is 0.220. The van der Waals surface area contributed by atoms with Gasteiger partial charge in [0, 0.05) is 29.2 Å². The monoisotopic (exact) mass is 406 g/mol. The lowest BCUT2D eigenvalue weighted by Gasteiger charge is -2.15. The largest absolute Gasteiger partial charge is 0.454 e. The summed E-state index contributed by atoms with van der Waals surface area (Å²) in [5, 5.41) is 0.368. The Morgan fingerprint density at radius 2 is 1.85 bits per heavy atom. The van der Waals surface area contributed by atoms with Crippen LogP contribution in [0.5, 0.6) is 0 Å². The Morgan fingerprint density at radius 1 is 1.15 bits per heavy atom. The quantitative estimate of drug-likeness (QED) is 0.463. The zero-order valence-electron chi connectivity index (χ0n) is 14.2. The Kier molecular flexibility index (Phi) is 5.68. The van der Waals surface area contributed by atoms with Crippen LogP contribution < -0.4 is 10.6 Å². The van der Waals surface area contributed by atoms with Crippen LogP contribution in [0.1, 0.15) is 33.6 Å². The van der Waals surface area contributed by atoms with E-state index in [9.17, 15) is 14.4 Å². The number of esters is 1. The van der Waals surface area contributed by atoms with Gasteiger partial charge in [-0.1, -0.05) is 23.2 Å². The number of carbonyl (C=O) groups excluding carboxylic acids is 3. The van der Waals surface area contributed by atoms with Crippen molar-refractivity contribution in [1.82, 2.24) is 0 Å². The van der Waals surface area contributed by atoms with Crippen molar-refractivity contribution in [2.45, 2.75) is 12.8 Å². The zero-order chi connectivity index (χ0) is 19.6. The van der Waals surface area contributed by atoms with E-state index in [1.165, 1.54) is 12.1 Å². The fraction of sp³-hybridized carbons (Fsp3) is 0.211. The van der Waals surface area contributed by atoms with Gasteiger partial charge < -0.3 is 15.4 Å². The summed E-state index contributed by atoms with van der Waals surface area (Å²) >= 11 is 11.7. The van der Waals surface area contributed by atoms with Crippen LogP contribution in [0.15, 0.2) is 36.4 Å². The average Bonchev–Trinajstić information content (AvgIpc) is 3.08. The maximum Gasteiger partial charge on any atom is 0.340 e. The predicted molar refractivity (Wildman–Crippen MR) is 104 cm³/mol. The molecule has 8 heteroatoms. The van der Waals surface area contributed by atoms with Crippen LogP contribution in [0.3, 0.4) is 0 Å². The number of benzene rings is 2. The lowest BCUT2D eigenvalue weighted by molar-refractivity contribution is -0.117. The number of anilines is 2. The van der Waals surface area contributed by atoms with E-state index in [-0.39, 0.29) is 33.0 Å². The summed E-state index contributed by atoms with van der Waals surface area (Å²) in [6, 6.07) is 9.34. The lowest BCUT2D eigenvalue weighted by atomic mass is 10.1. The van der Waals surface area contributed by atoms with Gasteiger partial charge in [0.05, 0.1) is 16.3 Å². The van der Waals surface area contributed by atoms with Gasteiger partial charge in [0.2, 0.25) is 5.91 Å². The Morgan fingerprint density at radius 3 is 2.48 bits per heavy atom. The molecule has 27 heavy (non-hydrogen) atoms. The second-order valence-electron chi connectivity index (χ2n) is 6.04. The Bertz CT molecular complexity index is 913. The molecule has 2 aromatic rings. The van der Waals surface area contributed by atoms with E-state index >= 15 is 0 Å². The van der Waals surface area contributed by atoms with Gasteiger partial charge >= 0.3 is 5.97 Å². The van der Waals surface area contributed by atoms with Gasteiger partial charge in [0.25, 0.3) is 0 Å². The number of rotatable bonds is 5. The topological polar surface area (TPSA) is 89.7 Å². The summed E-state index contributed by atoms with van der Waals surface area (Å²) in [5.41, 5.74) is 6.91. The van der Waals surface area contributed by atoms with E-state index in [0.717, 1.165) is 12.1 Å². The first-order chi connectivity index (χ1) is 12.9. The van der Waals surface area contributed by atoms with Gasteiger partial charge in [0.15, 0.2) is 12.4 Å². The molecule has 2 aromatic carbocycles. The van der Waals surface area contributed by atoms with Gasteiger partial charge in [-0.15, -0.1) is 0 Å². The van der Waals surface area contributed by atoms with Crippen molar-refractivity contribution in [2.75, 3.05) is 23.8 Å². The average molecular weight is 407 g/mol. The van der Waals surface area contributed by atoms with Crippen LogP contribution >= 0.6 is 23.2 Å². The van der Waals surface area contributed by atoms with Crippen LogP contribution in [-0.4, -0.2) is 30.8 Å². The maximum absolute atomic E-state index is 12.3.